The normalized spacial score (nSPS) is 13.0. The SMILES string of the molecule is COc1cc(OCc2cccc(-c3ccccc3)c2C(F)(F)F)c2c(c1C=O)CCC2. The molecule has 3 aromatic rings. The van der Waals surface area contributed by atoms with Gasteiger partial charge >= 0.3 is 6.18 Å². The van der Waals surface area contributed by atoms with E-state index in [0.717, 1.165) is 23.8 Å². The summed E-state index contributed by atoms with van der Waals surface area (Å²) in [5.41, 5.74) is 2.19. The average Bonchev–Trinajstić information content (AvgIpc) is 3.26. The van der Waals surface area contributed by atoms with Crippen LogP contribution in [0.5, 0.6) is 11.5 Å². The van der Waals surface area contributed by atoms with Crippen molar-refractivity contribution < 1.29 is 27.4 Å². The first-order valence-corrected chi connectivity index (χ1v) is 9.99. The monoisotopic (exact) mass is 426 g/mol. The van der Waals surface area contributed by atoms with Crippen molar-refractivity contribution in [2.75, 3.05) is 7.11 Å². The van der Waals surface area contributed by atoms with Crippen molar-refractivity contribution in [2.24, 2.45) is 0 Å². The molecule has 0 bridgehead atoms. The summed E-state index contributed by atoms with van der Waals surface area (Å²) in [6, 6.07) is 14.6. The predicted octanol–water partition coefficient (Wildman–Crippen LogP) is 6.26. The molecule has 31 heavy (non-hydrogen) atoms. The summed E-state index contributed by atoms with van der Waals surface area (Å²) in [6.45, 7) is -0.244. The van der Waals surface area contributed by atoms with E-state index >= 15 is 0 Å². The third-order valence-corrected chi connectivity index (χ3v) is 5.61. The van der Waals surface area contributed by atoms with Gasteiger partial charge in [-0.25, -0.2) is 0 Å². The number of ether oxygens (including phenoxy) is 2. The molecule has 0 radical (unpaired) electrons. The van der Waals surface area contributed by atoms with Gasteiger partial charge in [0.25, 0.3) is 0 Å². The summed E-state index contributed by atoms with van der Waals surface area (Å²) in [4.78, 5) is 11.5. The van der Waals surface area contributed by atoms with Gasteiger partial charge in [-0.1, -0.05) is 48.5 Å². The van der Waals surface area contributed by atoms with E-state index in [9.17, 15) is 18.0 Å². The smallest absolute Gasteiger partial charge is 0.417 e. The van der Waals surface area contributed by atoms with Crippen LogP contribution in [0.25, 0.3) is 11.1 Å². The molecule has 0 N–H and O–H groups in total. The van der Waals surface area contributed by atoms with Gasteiger partial charge < -0.3 is 9.47 Å². The molecule has 0 unspecified atom stereocenters. The number of aldehydes is 1. The van der Waals surface area contributed by atoms with Crippen LogP contribution in [-0.4, -0.2) is 13.4 Å². The van der Waals surface area contributed by atoms with E-state index in [1.165, 1.54) is 19.2 Å². The summed E-state index contributed by atoms with van der Waals surface area (Å²) in [7, 11) is 1.46. The second-order valence-corrected chi connectivity index (χ2v) is 7.41. The van der Waals surface area contributed by atoms with Crippen molar-refractivity contribution in [3.8, 4) is 22.6 Å². The van der Waals surface area contributed by atoms with Crippen LogP contribution in [0.4, 0.5) is 13.2 Å². The molecule has 4 rings (SSSR count). The van der Waals surface area contributed by atoms with Crippen molar-refractivity contribution in [3.63, 3.8) is 0 Å². The van der Waals surface area contributed by atoms with Crippen LogP contribution in [0.1, 0.15) is 39.0 Å². The number of alkyl halides is 3. The molecular formula is C25H21F3O3. The van der Waals surface area contributed by atoms with Crippen molar-refractivity contribution in [2.45, 2.75) is 32.0 Å². The van der Waals surface area contributed by atoms with Crippen LogP contribution < -0.4 is 9.47 Å². The van der Waals surface area contributed by atoms with Gasteiger partial charge in [-0.3, -0.25) is 4.79 Å². The van der Waals surface area contributed by atoms with E-state index in [4.69, 9.17) is 9.47 Å². The highest BCUT2D eigenvalue weighted by atomic mass is 19.4. The van der Waals surface area contributed by atoms with Gasteiger partial charge in [0.1, 0.15) is 18.1 Å². The Hall–Kier alpha value is -3.28. The van der Waals surface area contributed by atoms with E-state index in [-0.39, 0.29) is 17.7 Å². The molecule has 0 spiro atoms. The number of methoxy groups -OCH3 is 1. The third-order valence-electron chi connectivity index (χ3n) is 5.61. The van der Waals surface area contributed by atoms with Gasteiger partial charge in [-0.2, -0.15) is 13.2 Å². The first-order valence-electron chi connectivity index (χ1n) is 9.99. The van der Waals surface area contributed by atoms with Gasteiger partial charge in [0.05, 0.1) is 18.2 Å². The van der Waals surface area contributed by atoms with Crippen LogP contribution in [0, 0.1) is 0 Å². The standard InChI is InChI=1S/C25H21F3O3/c1-30-22-13-23(20-12-6-11-19(20)21(22)14-29)31-15-17-9-5-10-18(24(17)25(26,27)28)16-7-3-2-4-8-16/h2-5,7-10,13-14H,6,11-12,15H2,1H3. The van der Waals surface area contributed by atoms with Gasteiger partial charge in [-0.05, 0) is 41.5 Å². The quantitative estimate of drug-likeness (QED) is 0.437. The summed E-state index contributed by atoms with van der Waals surface area (Å²) >= 11 is 0. The molecule has 3 nitrogen and oxygen atoms in total. The molecule has 0 atom stereocenters. The summed E-state index contributed by atoms with van der Waals surface area (Å²) in [5.74, 6) is 0.841. The van der Waals surface area contributed by atoms with Gasteiger partial charge in [0, 0.05) is 11.6 Å². The Morgan fingerprint density at radius 2 is 1.71 bits per heavy atom. The zero-order valence-corrected chi connectivity index (χ0v) is 17.0. The first-order chi connectivity index (χ1) is 14.9. The fourth-order valence-corrected chi connectivity index (χ4v) is 4.24. The topological polar surface area (TPSA) is 35.5 Å². The molecule has 0 saturated heterocycles. The lowest BCUT2D eigenvalue weighted by Crippen LogP contribution is -2.13. The third kappa shape index (κ3) is 4.02. The maximum Gasteiger partial charge on any atom is 0.417 e. The molecule has 160 valence electrons. The molecule has 0 fully saturated rings. The molecule has 3 aromatic carbocycles. The van der Waals surface area contributed by atoms with Crippen LogP contribution in [0.3, 0.4) is 0 Å². The highest BCUT2D eigenvalue weighted by molar-refractivity contribution is 5.84. The number of fused-ring (bicyclic) bond motifs is 1. The van der Waals surface area contributed by atoms with Gasteiger partial charge in [-0.15, -0.1) is 0 Å². The van der Waals surface area contributed by atoms with Gasteiger partial charge in [0.2, 0.25) is 0 Å². The molecule has 1 aliphatic carbocycles. The van der Waals surface area contributed by atoms with Gasteiger partial charge in [0.15, 0.2) is 6.29 Å². The van der Waals surface area contributed by atoms with E-state index < -0.39 is 11.7 Å². The van der Waals surface area contributed by atoms with Crippen molar-refractivity contribution in [1.82, 2.24) is 0 Å². The first kappa shape index (κ1) is 21.0. The number of carbonyl (C=O) groups excluding carboxylic acids is 1. The minimum atomic E-state index is -4.54. The summed E-state index contributed by atoms with van der Waals surface area (Å²) in [5, 5.41) is 0. The molecule has 0 aromatic heterocycles. The summed E-state index contributed by atoms with van der Waals surface area (Å²) < 4.78 is 53.4. The summed E-state index contributed by atoms with van der Waals surface area (Å²) in [6.07, 6.45) is -1.49. The Labute approximate surface area is 178 Å². The lowest BCUT2D eigenvalue weighted by atomic mass is 9.95. The Morgan fingerprint density at radius 1 is 0.968 bits per heavy atom. The molecular weight excluding hydrogens is 405 g/mol. The van der Waals surface area contributed by atoms with E-state index in [2.05, 4.69) is 0 Å². The average molecular weight is 426 g/mol. The molecule has 1 aliphatic rings. The van der Waals surface area contributed by atoms with E-state index in [0.29, 0.717) is 35.5 Å². The van der Waals surface area contributed by atoms with Crippen LogP contribution in [0.2, 0.25) is 0 Å². The number of carbonyl (C=O) groups is 1. The van der Waals surface area contributed by atoms with Crippen LogP contribution in [-0.2, 0) is 25.6 Å². The number of rotatable bonds is 6. The Bertz CT molecular complexity index is 1110. The van der Waals surface area contributed by atoms with Crippen LogP contribution >= 0.6 is 0 Å². The maximum absolute atomic E-state index is 14.0. The molecule has 0 heterocycles. The molecule has 6 heteroatoms. The maximum atomic E-state index is 14.0. The largest absolute Gasteiger partial charge is 0.496 e. The Kier molecular flexibility index (Phi) is 5.72. The van der Waals surface area contributed by atoms with Crippen LogP contribution in [0.15, 0.2) is 54.6 Å². The Morgan fingerprint density at radius 3 is 2.39 bits per heavy atom. The van der Waals surface area contributed by atoms with Crippen molar-refractivity contribution in [3.05, 3.63) is 82.4 Å². The fourth-order valence-electron chi connectivity index (χ4n) is 4.24. The molecule has 0 saturated carbocycles. The zero-order valence-electron chi connectivity index (χ0n) is 17.0. The van der Waals surface area contributed by atoms with E-state index in [1.54, 1.807) is 42.5 Å². The number of hydrogen-bond donors (Lipinski definition) is 0. The van der Waals surface area contributed by atoms with Crippen molar-refractivity contribution in [1.29, 1.82) is 0 Å². The molecule has 0 aliphatic heterocycles. The highest BCUT2D eigenvalue weighted by Gasteiger charge is 2.36. The lowest BCUT2D eigenvalue weighted by Gasteiger charge is -2.20. The number of halogens is 3. The highest BCUT2D eigenvalue weighted by Crippen LogP contribution is 2.41. The fraction of sp³-hybridized carbons (Fsp3) is 0.240. The van der Waals surface area contributed by atoms with E-state index in [1.807, 2.05) is 0 Å². The predicted molar refractivity (Wildman–Crippen MR) is 112 cm³/mol. The minimum absolute atomic E-state index is 0.0547. The second kappa shape index (κ2) is 8.46. The number of hydrogen-bond acceptors (Lipinski definition) is 3. The Balaban J connectivity index is 1.74. The minimum Gasteiger partial charge on any atom is -0.496 e. The zero-order chi connectivity index (χ0) is 22.0. The second-order valence-electron chi connectivity index (χ2n) is 7.41. The number of benzene rings is 3. The van der Waals surface area contributed by atoms with Crippen molar-refractivity contribution >= 4 is 6.29 Å². The lowest BCUT2D eigenvalue weighted by molar-refractivity contribution is -0.138. The molecule has 0 amide bonds.